The van der Waals surface area contributed by atoms with E-state index < -0.39 is 0 Å². The predicted octanol–water partition coefficient (Wildman–Crippen LogP) is 4.22. The molecule has 1 aliphatic rings. The van der Waals surface area contributed by atoms with Crippen molar-refractivity contribution in [3.63, 3.8) is 0 Å². The molecule has 3 rings (SSSR count). The minimum atomic E-state index is 0.235. The second kappa shape index (κ2) is 7.48. The molecule has 23 heavy (non-hydrogen) atoms. The molecule has 0 aliphatic carbocycles. The maximum absolute atomic E-state index is 6.32. The van der Waals surface area contributed by atoms with Crippen LogP contribution in [0.15, 0.2) is 48.5 Å². The molecule has 1 heterocycles. The standard InChI is InChI=1S/C20H25ClN2/c1-2-15-6-8-17(9-7-15)18-11-20(22)14-23(13-18)12-16-4-3-5-19(21)10-16/h3-10,18,20H,2,11-14,22H2,1H3. The molecule has 2 nitrogen and oxygen atoms in total. The summed E-state index contributed by atoms with van der Waals surface area (Å²) >= 11 is 6.10. The van der Waals surface area contributed by atoms with Crippen LogP contribution >= 0.6 is 11.6 Å². The number of aryl methyl sites for hydroxylation is 1. The highest BCUT2D eigenvalue weighted by Crippen LogP contribution is 2.28. The zero-order chi connectivity index (χ0) is 16.2. The monoisotopic (exact) mass is 328 g/mol. The third-order valence-corrected chi connectivity index (χ3v) is 4.95. The Labute approximate surface area is 144 Å². The summed E-state index contributed by atoms with van der Waals surface area (Å²) in [7, 11) is 0. The van der Waals surface area contributed by atoms with E-state index in [-0.39, 0.29) is 6.04 Å². The topological polar surface area (TPSA) is 29.3 Å². The van der Waals surface area contributed by atoms with Gasteiger partial charge >= 0.3 is 0 Å². The van der Waals surface area contributed by atoms with Gasteiger partial charge in [0, 0.05) is 30.7 Å². The van der Waals surface area contributed by atoms with Crippen molar-refractivity contribution in [3.05, 3.63) is 70.2 Å². The lowest BCUT2D eigenvalue weighted by Crippen LogP contribution is -2.45. The molecule has 0 radical (unpaired) electrons. The van der Waals surface area contributed by atoms with Gasteiger partial charge < -0.3 is 5.73 Å². The van der Waals surface area contributed by atoms with E-state index in [2.05, 4.69) is 42.2 Å². The van der Waals surface area contributed by atoms with Gasteiger partial charge in [-0.3, -0.25) is 4.90 Å². The first-order valence-electron chi connectivity index (χ1n) is 8.45. The molecule has 0 spiro atoms. The van der Waals surface area contributed by atoms with Crippen molar-refractivity contribution in [2.24, 2.45) is 5.73 Å². The Morgan fingerprint density at radius 2 is 1.87 bits per heavy atom. The van der Waals surface area contributed by atoms with Crippen molar-refractivity contribution in [2.45, 2.75) is 38.3 Å². The summed E-state index contributed by atoms with van der Waals surface area (Å²) in [6, 6.07) is 17.4. The summed E-state index contributed by atoms with van der Waals surface area (Å²) in [6.07, 6.45) is 2.16. The zero-order valence-corrected chi connectivity index (χ0v) is 14.5. The van der Waals surface area contributed by atoms with Gasteiger partial charge in [0.15, 0.2) is 0 Å². The highest BCUT2D eigenvalue weighted by Gasteiger charge is 2.26. The van der Waals surface area contributed by atoms with Crippen molar-refractivity contribution >= 4 is 11.6 Å². The van der Waals surface area contributed by atoms with Crippen molar-refractivity contribution in [1.29, 1.82) is 0 Å². The van der Waals surface area contributed by atoms with Crippen molar-refractivity contribution in [1.82, 2.24) is 4.90 Å². The molecule has 0 saturated carbocycles. The Balaban J connectivity index is 1.70. The quantitative estimate of drug-likeness (QED) is 0.910. The summed E-state index contributed by atoms with van der Waals surface area (Å²) < 4.78 is 0. The van der Waals surface area contributed by atoms with Crippen molar-refractivity contribution in [3.8, 4) is 0 Å². The number of hydrogen-bond acceptors (Lipinski definition) is 2. The van der Waals surface area contributed by atoms with E-state index in [1.807, 2.05) is 18.2 Å². The summed E-state index contributed by atoms with van der Waals surface area (Å²) in [6.45, 7) is 5.12. The fraction of sp³-hybridized carbons (Fsp3) is 0.400. The molecule has 3 heteroatoms. The van der Waals surface area contributed by atoms with Crippen LogP contribution in [0.5, 0.6) is 0 Å². The number of nitrogens with zero attached hydrogens (tertiary/aromatic N) is 1. The molecular weight excluding hydrogens is 304 g/mol. The van der Waals surface area contributed by atoms with Crippen LogP contribution in [-0.4, -0.2) is 24.0 Å². The minimum absolute atomic E-state index is 0.235. The van der Waals surface area contributed by atoms with E-state index in [9.17, 15) is 0 Å². The Hall–Kier alpha value is -1.35. The lowest BCUT2D eigenvalue weighted by Gasteiger charge is -2.36. The summed E-state index contributed by atoms with van der Waals surface area (Å²) in [5, 5.41) is 0.801. The van der Waals surface area contributed by atoms with Crippen LogP contribution in [0.1, 0.15) is 36.0 Å². The highest BCUT2D eigenvalue weighted by atomic mass is 35.5. The number of rotatable bonds is 4. The molecule has 1 saturated heterocycles. The lowest BCUT2D eigenvalue weighted by molar-refractivity contribution is 0.181. The molecule has 2 atom stereocenters. The first kappa shape index (κ1) is 16.5. The molecule has 0 amide bonds. The van der Waals surface area contributed by atoms with Gasteiger partial charge in [0.1, 0.15) is 0 Å². The average Bonchev–Trinajstić information content (AvgIpc) is 2.54. The number of halogens is 1. The van der Waals surface area contributed by atoms with Crippen LogP contribution in [-0.2, 0) is 13.0 Å². The van der Waals surface area contributed by atoms with Gasteiger partial charge in [-0.05, 0) is 47.6 Å². The fourth-order valence-corrected chi connectivity index (χ4v) is 3.73. The average molecular weight is 329 g/mol. The van der Waals surface area contributed by atoms with Crippen LogP contribution in [0.25, 0.3) is 0 Å². The summed E-state index contributed by atoms with van der Waals surface area (Å²) in [5.41, 5.74) is 10.4. The number of likely N-dealkylation sites (tertiary alicyclic amines) is 1. The van der Waals surface area contributed by atoms with E-state index in [1.165, 1.54) is 16.7 Å². The molecule has 2 N–H and O–H groups in total. The van der Waals surface area contributed by atoms with Crippen molar-refractivity contribution in [2.75, 3.05) is 13.1 Å². The normalized spacial score (nSPS) is 22.2. The molecule has 2 aromatic carbocycles. The number of hydrogen-bond donors (Lipinski definition) is 1. The molecule has 1 fully saturated rings. The molecule has 2 unspecified atom stereocenters. The highest BCUT2D eigenvalue weighted by molar-refractivity contribution is 6.30. The van der Waals surface area contributed by atoms with Gasteiger partial charge in [-0.15, -0.1) is 0 Å². The van der Waals surface area contributed by atoms with Gasteiger partial charge in [0.25, 0.3) is 0 Å². The Bertz CT molecular complexity index is 638. The summed E-state index contributed by atoms with van der Waals surface area (Å²) in [4.78, 5) is 2.46. The summed E-state index contributed by atoms with van der Waals surface area (Å²) in [5.74, 6) is 0.517. The Kier molecular flexibility index (Phi) is 5.37. The van der Waals surface area contributed by atoms with E-state index in [4.69, 9.17) is 17.3 Å². The molecule has 122 valence electrons. The van der Waals surface area contributed by atoms with Gasteiger partial charge in [-0.2, -0.15) is 0 Å². The van der Waals surface area contributed by atoms with Crippen LogP contribution in [0.4, 0.5) is 0 Å². The van der Waals surface area contributed by atoms with Crippen LogP contribution < -0.4 is 5.73 Å². The largest absolute Gasteiger partial charge is 0.327 e. The third-order valence-electron chi connectivity index (χ3n) is 4.71. The first-order valence-corrected chi connectivity index (χ1v) is 8.83. The van der Waals surface area contributed by atoms with Crippen LogP contribution in [0.2, 0.25) is 5.02 Å². The van der Waals surface area contributed by atoms with Gasteiger partial charge in [-0.1, -0.05) is 54.9 Å². The number of nitrogens with two attached hydrogens (primary N) is 1. The molecule has 1 aliphatic heterocycles. The molecule has 0 aromatic heterocycles. The number of benzene rings is 2. The molecular formula is C20H25ClN2. The van der Waals surface area contributed by atoms with E-state index >= 15 is 0 Å². The van der Waals surface area contributed by atoms with E-state index in [0.29, 0.717) is 5.92 Å². The molecule has 0 bridgehead atoms. The fourth-order valence-electron chi connectivity index (χ4n) is 3.52. The first-order chi connectivity index (χ1) is 11.1. The lowest BCUT2D eigenvalue weighted by atomic mass is 9.87. The Morgan fingerprint density at radius 3 is 2.57 bits per heavy atom. The maximum atomic E-state index is 6.32. The van der Waals surface area contributed by atoms with Gasteiger partial charge in [-0.25, -0.2) is 0 Å². The molecule has 2 aromatic rings. The second-order valence-corrected chi connectivity index (χ2v) is 7.05. The number of piperidine rings is 1. The van der Waals surface area contributed by atoms with Gasteiger partial charge in [0.2, 0.25) is 0 Å². The third kappa shape index (κ3) is 4.35. The SMILES string of the molecule is CCc1ccc(C2CC(N)CN(Cc3cccc(Cl)c3)C2)cc1. The minimum Gasteiger partial charge on any atom is -0.327 e. The Morgan fingerprint density at radius 1 is 1.09 bits per heavy atom. The van der Waals surface area contributed by atoms with Gasteiger partial charge in [0.05, 0.1) is 0 Å². The van der Waals surface area contributed by atoms with E-state index in [1.54, 1.807) is 0 Å². The maximum Gasteiger partial charge on any atom is 0.0409 e. The zero-order valence-electron chi connectivity index (χ0n) is 13.7. The van der Waals surface area contributed by atoms with Crippen LogP contribution in [0.3, 0.4) is 0 Å². The van der Waals surface area contributed by atoms with E-state index in [0.717, 1.165) is 37.5 Å². The van der Waals surface area contributed by atoms with Crippen molar-refractivity contribution < 1.29 is 0 Å². The van der Waals surface area contributed by atoms with Crippen LogP contribution in [0, 0.1) is 0 Å². The predicted molar refractivity (Wildman–Crippen MR) is 97.9 cm³/mol. The second-order valence-electron chi connectivity index (χ2n) is 6.61. The smallest absolute Gasteiger partial charge is 0.0409 e.